The highest BCUT2D eigenvalue weighted by Gasteiger charge is 2.18. The molecule has 0 fully saturated rings. The van der Waals surface area contributed by atoms with E-state index < -0.39 is 0 Å². The van der Waals surface area contributed by atoms with Crippen molar-refractivity contribution < 1.29 is 9.59 Å². The maximum atomic E-state index is 12.4. The third kappa shape index (κ3) is 4.86. The summed E-state index contributed by atoms with van der Waals surface area (Å²) < 4.78 is 0. The summed E-state index contributed by atoms with van der Waals surface area (Å²) in [6, 6.07) is 14.4. The minimum atomic E-state index is -0.189. The molecule has 0 aliphatic heterocycles. The summed E-state index contributed by atoms with van der Waals surface area (Å²) in [4.78, 5) is 24.7. The largest absolute Gasteiger partial charge is 0.399 e. The van der Waals surface area contributed by atoms with E-state index in [9.17, 15) is 9.59 Å². The van der Waals surface area contributed by atoms with Crippen LogP contribution in [0, 0.1) is 0 Å². The first-order chi connectivity index (χ1) is 11.0. The Morgan fingerprint density at radius 3 is 2.22 bits per heavy atom. The van der Waals surface area contributed by atoms with Gasteiger partial charge in [-0.1, -0.05) is 6.92 Å². The van der Waals surface area contributed by atoms with Crippen LogP contribution in [-0.4, -0.2) is 16.9 Å². The minimum absolute atomic E-state index is 0.00761. The van der Waals surface area contributed by atoms with Crippen molar-refractivity contribution in [3.63, 3.8) is 0 Å². The zero-order valence-electron chi connectivity index (χ0n) is 13.2. The predicted molar refractivity (Wildman–Crippen MR) is 95.9 cm³/mol. The second-order valence-electron chi connectivity index (χ2n) is 5.21. The molecular formula is C18H20N2O2S. The number of rotatable bonds is 6. The topological polar surface area (TPSA) is 72.2 Å². The molecule has 5 heteroatoms. The molecule has 0 spiro atoms. The molecule has 1 amide bonds. The number of Topliss-reactive ketones (excluding diaryl/α,β-unsaturated/α-hetero) is 1. The molecule has 2 aromatic rings. The van der Waals surface area contributed by atoms with Gasteiger partial charge in [0.2, 0.25) is 5.91 Å². The number of carbonyl (C=O) groups excluding carboxylic acids is 2. The highest BCUT2D eigenvalue weighted by Crippen LogP contribution is 2.27. The smallest absolute Gasteiger partial charge is 0.237 e. The van der Waals surface area contributed by atoms with Crippen molar-refractivity contribution in [2.24, 2.45) is 0 Å². The summed E-state index contributed by atoms with van der Waals surface area (Å²) in [7, 11) is 0. The molecule has 2 rings (SSSR count). The lowest BCUT2D eigenvalue weighted by Crippen LogP contribution is -2.24. The van der Waals surface area contributed by atoms with Gasteiger partial charge in [0, 0.05) is 21.8 Å². The molecule has 2 aromatic carbocycles. The van der Waals surface area contributed by atoms with E-state index in [0.29, 0.717) is 23.4 Å². The van der Waals surface area contributed by atoms with Crippen LogP contribution in [0.3, 0.4) is 0 Å². The summed E-state index contributed by atoms with van der Waals surface area (Å²) in [5, 5.41) is 2.71. The van der Waals surface area contributed by atoms with Crippen LogP contribution in [0.25, 0.3) is 0 Å². The van der Waals surface area contributed by atoms with E-state index in [4.69, 9.17) is 5.73 Å². The number of hydrogen-bond donors (Lipinski definition) is 2. The molecule has 23 heavy (non-hydrogen) atoms. The predicted octanol–water partition coefficient (Wildman–Crippen LogP) is 3.98. The molecule has 0 aliphatic carbocycles. The van der Waals surface area contributed by atoms with Crippen LogP contribution in [0.1, 0.15) is 30.6 Å². The van der Waals surface area contributed by atoms with Gasteiger partial charge in [-0.05, 0) is 61.9 Å². The molecule has 0 heterocycles. The summed E-state index contributed by atoms with van der Waals surface area (Å²) in [6.45, 7) is 3.50. The molecule has 0 aromatic heterocycles. The summed E-state index contributed by atoms with van der Waals surface area (Å²) in [5.74, 6) is -0.0434. The van der Waals surface area contributed by atoms with Gasteiger partial charge >= 0.3 is 0 Å². The number of hydrogen-bond acceptors (Lipinski definition) is 4. The second-order valence-corrected chi connectivity index (χ2v) is 6.48. The van der Waals surface area contributed by atoms with Crippen molar-refractivity contribution in [2.75, 3.05) is 11.1 Å². The zero-order chi connectivity index (χ0) is 16.8. The van der Waals surface area contributed by atoms with Gasteiger partial charge in [0.1, 0.15) is 0 Å². The van der Waals surface area contributed by atoms with Gasteiger partial charge in [-0.15, -0.1) is 11.8 Å². The van der Waals surface area contributed by atoms with Crippen LogP contribution in [0.15, 0.2) is 53.4 Å². The number of carbonyl (C=O) groups is 2. The van der Waals surface area contributed by atoms with Crippen molar-refractivity contribution in [1.29, 1.82) is 0 Å². The molecule has 4 nitrogen and oxygen atoms in total. The lowest BCUT2D eigenvalue weighted by atomic mass is 10.1. The van der Waals surface area contributed by atoms with E-state index in [1.54, 1.807) is 24.3 Å². The Balaban J connectivity index is 2.01. The molecule has 0 saturated carbocycles. The van der Waals surface area contributed by atoms with Crippen molar-refractivity contribution in [1.82, 2.24) is 0 Å². The van der Waals surface area contributed by atoms with Crippen LogP contribution >= 0.6 is 11.8 Å². The molecule has 1 unspecified atom stereocenters. The molecule has 3 N–H and O–H groups in total. The number of thioether (sulfide) groups is 1. The van der Waals surface area contributed by atoms with Crippen LogP contribution in [0.5, 0.6) is 0 Å². The van der Waals surface area contributed by atoms with E-state index in [2.05, 4.69) is 5.32 Å². The maximum Gasteiger partial charge on any atom is 0.237 e. The second kappa shape index (κ2) is 7.83. The first-order valence-corrected chi connectivity index (χ1v) is 8.31. The highest BCUT2D eigenvalue weighted by molar-refractivity contribution is 8.00. The van der Waals surface area contributed by atoms with E-state index in [1.165, 1.54) is 18.7 Å². The first-order valence-electron chi connectivity index (χ1n) is 7.43. The highest BCUT2D eigenvalue weighted by atomic mass is 32.2. The van der Waals surface area contributed by atoms with Crippen LogP contribution < -0.4 is 11.1 Å². The number of nitrogen functional groups attached to an aromatic ring is 1. The Labute approximate surface area is 140 Å². The molecular weight excluding hydrogens is 308 g/mol. The average molecular weight is 328 g/mol. The fourth-order valence-corrected chi connectivity index (χ4v) is 3.00. The fraction of sp³-hybridized carbons (Fsp3) is 0.222. The lowest BCUT2D eigenvalue weighted by molar-refractivity contribution is -0.115. The van der Waals surface area contributed by atoms with Crippen molar-refractivity contribution in [3.05, 3.63) is 54.1 Å². The Morgan fingerprint density at radius 2 is 1.70 bits per heavy atom. The average Bonchev–Trinajstić information content (AvgIpc) is 2.54. The van der Waals surface area contributed by atoms with E-state index >= 15 is 0 Å². The quantitative estimate of drug-likeness (QED) is 0.478. The van der Waals surface area contributed by atoms with Crippen LogP contribution in [0.2, 0.25) is 0 Å². The Morgan fingerprint density at radius 1 is 1.09 bits per heavy atom. The fourth-order valence-electron chi connectivity index (χ4n) is 2.04. The summed E-state index contributed by atoms with van der Waals surface area (Å²) in [5.41, 5.74) is 7.70. The van der Waals surface area contributed by atoms with Gasteiger partial charge in [0.15, 0.2) is 5.78 Å². The van der Waals surface area contributed by atoms with E-state index in [1.807, 2.05) is 31.2 Å². The minimum Gasteiger partial charge on any atom is -0.399 e. The standard InChI is InChI=1S/C18H20N2O2S/c1-3-17(23-16-10-6-14(19)7-11-16)18(22)20-15-8-4-13(5-9-15)12(2)21/h4-11,17H,3,19H2,1-2H3,(H,20,22). The molecule has 0 bridgehead atoms. The molecule has 0 aliphatic rings. The maximum absolute atomic E-state index is 12.4. The van der Waals surface area contributed by atoms with Crippen LogP contribution in [-0.2, 0) is 4.79 Å². The normalized spacial score (nSPS) is 11.7. The monoisotopic (exact) mass is 328 g/mol. The van der Waals surface area contributed by atoms with Gasteiger partial charge in [0.25, 0.3) is 0 Å². The Bertz CT molecular complexity index is 681. The molecule has 120 valence electrons. The number of amides is 1. The SMILES string of the molecule is CCC(Sc1ccc(N)cc1)C(=O)Nc1ccc(C(C)=O)cc1. The molecule has 0 saturated heterocycles. The van der Waals surface area contributed by atoms with Crippen molar-refractivity contribution >= 4 is 34.8 Å². The van der Waals surface area contributed by atoms with Gasteiger partial charge in [-0.25, -0.2) is 0 Å². The van der Waals surface area contributed by atoms with Gasteiger partial charge in [-0.3, -0.25) is 9.59 Å². The third-order valence-corrected chi connectivity index (χ3v) is 4.76. The van der Waals surface area contributed by atoms with Gasteiger partial charge < -0.3 is 11.1 Å². The summed E-state index contributed by atoms with van der Waals surface area (Å²) >= 11 is 1.51. The lowest BCUT2D eigenvalue weighted by Gasteiger charge is -2.15. The number of anilines is 2. The number of ketones is 1. The Hall–Kier alpha value is -2.27. The first kappa shape index (κ1) is 17.1. The van der Waals surface area contributed by atoms with Gasteiger partial charge in [-0.2, -0.15) is 0 Å². The molecule has 1 atom stereocenters. The number of nitrogens with two attached hydrogens (primary N) is 1. The molecule has 0 radical (unpaired) electrons. The third-order valence-electron chi connectivity index (χ3n) is 3.38. The van der Waals surface area contributed by atoms with E-state index in [-0.39, 0.29) is 16.9 Å². The van der Waals surface area contributed by atoms with Crippen LogP contribution in [0.4, 0.5) is 11.4 Å². The van der Waals surface area contributed by atoms with Gasteiger partial charge in [0.05, 0.1) is 5.25 Å². The van der Waals surface area contributed by atoms with Crippen molar-refractivity contribution in [2.45, 2.75) is 30.4 Å². The Kier molecular flexibility index (Phi) is 5.82. The summed E-state index contributed by atoms with van der Waals surface area (Å²) in [6.07, 6.45) is 0.715. The van der Waals surface area contributed by atoms with Crippen molar-refractivity contribution in [3.8, 4) is 0 Å². The number of benzene rings is 2. The zero-order valence-corrected chi connectivity index (χ0v) is 14.0. The number of nitrogens with one attached hydrogen (secondary N) is 1. The van der Waals surface area contributed by atoms with E-state index in [0.717, 1.165) is 4.90 Å².